The van der Waals surface area contributed by atoms with E-state index < -0.39 is 8.24 Å². The van der Waals surface area contributed by atoms with Crippen LogP contribution in [-0.4, -0.2) is 24.6 Å². The Kier molecular flexibility index (Phi) is 2.60. The highest BCUT2D eigenvalue weighted by Crippen LogP contribution is 2.33. The predicted octanol–water partition coefficient (Wildman–Crippen LogP) is 2.00. The van der Waals surface area contributed by atoms with Gasteiger partial charge >= 0.3 is 0 Å². The van der Waals surface area contributed by atoms with Gasteiger partial charge in [-0.15, -0.1) is 0 Å². The fourth-order valence-electron chi connectivity index (χ4n) is 1.93. The molecule has 0 bridgehead atoms. The maximum absolute atomic E-state index is 11.8. The van der Waals surface area contributed by atoms with Crippen LogP contribution in [0.5, 0.6) is 0 Å². The summed E-state index contributed by atoms with van der Waals surface area (Å²) >= 11 is 0. The van der Waals surface area contributed by atoms with E-state index in [1.807, 2.05) is 33.5 Å². The minimum absolute atomic E-state index is 0.0189. The molecule has 1 aliphatic heterocycles. The molecular formula is C10H19NO2Si. The van der Waals surface area contributed by atoms with E-state index in [1.165, 1.54) is 4.57 Å². The third-order valence-corrected chi connectivity index (χ3v) is 4.27. The van der Waals surface area contributed by atoms with Crippen LogP contribution in [0.3, 0.4) is 0 Å². The van der Waals surface area contributed by atoms with E-state index in [-0.39, 0.29) is 17.2 Å². The van der Waals surface area contributed by atoms with Gasteiger partial charge in [0.05, 0.1) is 0 Å². The summed E-state index contributed by atoms with van der Waals surface area (Å²) in [7, 11) is -1.81. The van der Waals surface area contributed by atoms with Crippen LogP contribution in [0.2, 0.25) is 19.6 Å². The van der Waals surface area contributed by atoms with Crippen LogP contribution in [0.1, 0.15) is 26.7 Å². The Labute approximate surface area is 86.6 Å². The van der Waals surface area contributed by atoms with Crippen molar-refractivity contribution in [3.8, 4) is 0 Å². The number of imide groups is 1. The largest absolute Gasteiger partial charge is 0.312 e. The summed E-state index contributed by atoms with van der Waals surface area (Å²) in [5, 5.41) is 0. The molecule has 0 N–H and O–H groups in total. The predicted molar refractivity (Wildman–Crippen MR) is 58.2 cm³/mol. The second-order valence-electron chi connectivity index (χ2n) is 5.81. The maximum atomic E-state index is 11.8. The molecule has 0 aromatic heterocycles. The Balaban J connectivity index is 2.93. The Hall–Kier alpha value is -0.643. The highest BCUT2D eigenvalue weighted by atomic mass is 28.3. The Morgan fingerprint density at radius 1 is 1.07 bits per heavy atom. The average Bonchev–Trinajstić information content (AvgIpc) is 1.75. The fraction of sp³-hybridized carbons (Fsp3) is 0.800. The van der Waals surface area contributed by atoms with Crippen molar-refractivity contribution in [1.29, 1.82) is 0 Å². The van der Waals surface area contributed by atoms with Crippen LogP contribution >= 0.6 is 0 Å². The van der Waals surface area contributed by atoms with Gasteiger partial charge in [0.25, 0.3) is 0 Å². The van der Waals surface area contributed by atoms with Crippen LogP contribution in [0.15, 0.2) is 0 Å². The van der Waals surface area contributed by atoms with Crippen LogP contribution in [-0.2, 0) is 9.59 Å². The smallest absolute Gasteiger partial charge is 0.221 e. The molecule has 0 aromatic carbocycles. The molecule has 1 fully saturated rings. The van der Waals surface area contributed by atoms with Gasteiger partial charge in [-0.05, 0) is 5.41 Å². The highest BCUT2D eigenvalue weighted by Gasteiger charge is 2.42. The summed E-state index contributed by atoms with van der Waals surface area (Å²) in [6.45, 7) is 10.0. The van der Waals surface area contributed by atoms with Gasteiger partial charge in [0, 0.05) is 12.8 Å². The van der Waals surface area contributed by atoms with Crippen molar-refractivity contribution in [3.63, 3.8) is 0 Å². The van der Waals surface area contributed by atoms with Gasteiger partial charge in [0.1, 0.15) is 0 Å². The molecule has 0 saturated carbocycles. The van der Waals surface area contributed by atoms with E-state index in [0.29, 0.717) is 12.8 Å². The van der Waals surface area contributed by atoms with E-state index in [4.69, 9.17) is 0 Å². The molecule has 0 spiro atoms. The van der Waals surface area contributed by atoms with Crippen molar-refractivity contribution in [2.45, 2.75) is 46.3 Å². The molecule has 0 radical (unpaired) electrons. The van der Waals surface area contributed by atoms with Gasteiger partial charge in [-0.3, -0.25) is 9.59 Å². The molecule has 1 heterocycles. The summed E-state index contributed by atoms with van der Waals surface area (Å²) in [5.41, 5.74) is -0.148. The molecule has 0 aliphatic carbocycles. The normalized spacial score (nSPS) is 22.8. The fourth-order valence-corrected chi connectivity index (χ4v) is 3.58. The van der Waals surface area contributed by atoms with Gasteiger partial charge < -0.3 is 4.57 Å². The first-order chi connectivity index (χ1) is 6.13. The number of amides is 2. The minimum atomic E-state index is -1.81. The lowest BCUT2D eigenvalue weighted by Crippen LogP contribution is -2.57. The van der Waals surface area contributed by atoms with Gasteiger partial charge in [-0.25, -0.2) is 0 Å². The van der Waals surface area contributed by atoms with E-state index in [2.05, 4.69) is 0 Å². The first kappa shape index (κ1) is 11.4. The topological polar surface area (TPSA) is 37.4 Å². The SMILES string of the molecule is CC1(C)CC(=O)N([Si](C)(C)C)C(=O)C1. The van der Waals surface area contributed by atoms with Gasteiger partial charge in [-0.1, -0.05) is 33.5 Å². The molecule has 80 valence electrons. The first-order valence-corrected chi connectivity index (χ1v) is 8.44. The zero-order valence-electron chi connectivity index (χ0n) is 9.68. The van der Waals surface area contributed by atoms with Crippen LogP contribution in [0, 0.1) is 5.41 Å². The van der Waals surface area contributed by atoms with E-state index >= 15 is 0 Å². The van der Waals surface area contributed by atoms with Crippen molar-refractivity contribution in [2.24, 2.45) is 5.41 Å². The highest BCUT2D eigenvalue weighted by molar-refractivity contribution is 6.77. The lowest BCUT2D eigenvalue weighted by Gasteiger charge is -2.40. The Bertz CT molecular complexity index is 258. The van der Waals surface area contributed by atoms with Crippen molar-refractivity contribution in [2.75, 3.05) is 0 Å². The third kappa shape index (κ3) is 2.23. The number of rotatable bonds is 1. The van der Waals surface area contributed by atoms with Gasteiger partial charge in [0.2, 0.25) is 11.8 Å². The lowest BCUT2D eigenvalue weighted by molar-refractivity contribution is -0.146. The zero-order valence-corrected chi connectivity index (χ0v) is 10.7. The number of carbonyl (C=O) groups is 2. The zero-order chi connectivity index (χ0) is 11.1. The van der Waals surface area contributed by atoms with Crippen LogP contribution < -0.4 is 0 Å². The van der Waals surface area contributed by atoms with E-state index in [1.54, 1.807) is 0 Å². The summed E-state index contributed by atoms with van der Waals surface area (Å²) in [6, 6.07) is 0. The third-order valence-electron chi connectivity index (χ3n) is 2.43. The number of hydrogen-bond donors (Lipinski definition) is 0. The molecule has 4 heteroatoms. The molecule has 0 atom stereocenters. The number of carbonyl (C=O) groups excluding carboxylic acids is 2. The Morgan fingerprint density at radius 3 is 1.71 bits per heavy atom. The quantitative estimate of drug-likeness (QED) is 0.493. The second kappa shape index (κ2) is 3.19. The molecule has 1 rings (SSSR count). The molecule has 1 aliphatic rings. The molecule has 14 heavy (non-hydrogen) atoms. The van der Waals surface area contributed by atoms with Crippen LogP contribution in [0.4, 0.5) is 0 Å². The monoisotopic (exact) mass is 213 g/mol. The summed E-state index contributed by atoms with van der Waals surface area (Å²) in [4.78, 5) is 23.6. The van der Waals surface area contributed by atoms with Gasteiger partial charge in [0.15, 0.2) is 8.24 Å². The second-order valence-corrected chi connectivity index (χ2v) is 10.6. The molecule has 1 saturated heterocycles. The maximum Gasteiger partial charge on any atom is 0.221 e. The van der Waals surface area contributed by atoms with Crippen molar-refractivity contribution in [3.05, 3.63) is 0 Å². The van der Waals surface area contributed by atoms with Crippen molar-refractivity contribution >= 4 is 20.0 Å². The van der Waals surface area contributed by atoms with Crippen LogP contribution in [0.25, 0.3) is 0 Å². The average molecular weight is 213 g/mol. The summed E-state index contributed by atoms with van der Waals surface area (Å²) < 4.78 is 1.54. The Morgan fingerprint density at radius 2 is 1.43 bits per heavy atom. The number of hydrogen-bond acceptors (Lipinski definition) is 2. The molecule has 0 aromatic rings. The first-order valence-electron chi connectivity index (χ1n) is 4.99. The van der Waals surface area contributed by atoms with Crippen molar-refractivity contribution in [1.82, 2.24) is 4.57 Å². The van der Waals surface area contributed by atoms with Crippen molar-refractivity contribution < 1.29 is 9.59 Å². The number of piperidine rings is 1. The minimum Gasteiger partial charge on any atom is -0.312 e. The standard InChI is InChI=1S/C10H19NO2Si/c1-10(2)6-8(12)11(9(13)7-10)14(3,4)5/h6-7H2,1-5H3. The van der Waals surface area contributed by atoms with E-state index in [9.17, 15) is 9.59 Å². The summed E-state index contributed by atoms with van der Waals surface area (Å²) in [5.74, 6) is 0.0378. The molecular weight excluding hydrogens is 194 g/mol. The summed E-state index contributed by atoms with van der Waals surface area (Å²) in [6.07, 6.45) is 1.01. The van der Waals surface area contributed by atoms with Gasteiger partial charge in [-0.2, -0.15) is 0 Å². The number of nitrogens with zero attached hydrogens (tertiary/aromatic N) is 1. The molecule has 3 nitrogen and oxygen atoms in total. The molecule has 2 amide bonds. The lowest BCUT2D eigenvalue weighted by atomic mass is 9.82. The van der Waals surface area contributed by atoms with E-state index in [0.717, 1.165) is 0 Å². The molecule has 0 unspecified atom stereocenters.